The van der Waals surface area contributed by atoms with E-state index in [-0.39, 0.29) is 11.5 Å². The summed E-state index contributed by atoms with van der Waals surface area (Å²) >= 11 is 0. The van der Waals surface area contributed by atoms with Gasteiger partial charge in [0.15, 0.2) is 9.84 Å². The van der Waals surface area contributed by atoms with Crippen molar-refractivity contribution in [1.29, 1.82) is 0 Å². The normalized spacial score (nSPS) is 19.7. The maximum atomic E-state index is 11.8. The highest BCUT2D eigenvalue weighted by Crippen LogP contribution is 2.45. The van der Waals surface area contributed by atoms with Gasteiger partial charge in [0, 0.05) is 17.6 Å². The summed E-state index contributed by atoms with van der Waals surface area (Å²) in [5.74, 6) is 0. The van der Waals surface area contributed by atoms with Crippen molar-refractivity contribution in [2.24, 2.45) is 5.41 Å². The van der Waals surface area contributed by atoms with E-state index in [1.165, 1.54) is 6.26 Å². The van der Waals surface area contributed by atoms with E-state index in [0.717, 1.165) is 28.9 Å². The number of sulfone groups is 1. The van der Waals surface area contributed by atoms with Gasteiger partial charge in [0.2, 0.25) is 0 Å². The molecule has 0 aliphatic carbocycles. The van der Waals surface area contributed by atoms with E-state index in [9.17, 15) is 8.42 Å². The van der Waals surface area contributed by atoms with Crippen molar-refractivity contribution in [2.45, 2.75) is 31.2 Å². The van der Waals surface area contributed by atoms with Gasteiger partial charge in [-0.1, -0.05) is 26.0 Å². The van der Waals surface area contributed by atoms with Crippen LogP contribution in [0.25, 0.3) is 0 Å². The SMILES string of the molecule is CC1(C)Cc2cc(S(C)(=O)=O)ccc2NC1c1cccc(N)c1. The van der Waals surface area contributed by atoms with E-state index >= 15 is 0 Å². The number of hydrogen-bond donors (Lipinski definition) is 2. The Hall–Kier alpha value is -2.01. The number of anilines is 2. The summed E-state index contributed by atoms with van der Waals surface area (Å²) in [7, 11) is -3.19. The second-order valence-corrected chi connectivity index (χ2v) is 9.02. The predicted molar refractivity (Wildman–Crippen MR) is 94.3 cm³/mol. The Kier molecular flexibility index (Phi) is 3.64. The van der Waals surface area contributed by atoms with Crippen LogP contribution >= 0.6 is 0 Å². The number of nitrogen functional groups attached to an aromatic ring is 1. The lowest BCUT2D eigenvalue weighted by Gasteiger charge is -2.41. The van der Waals surface area contributed by atoms with Crippen molar-refractivity contribution in [3.8, 4) is 0 Å². The van der Waals surface area contributed by atoms with E-state index in [0.29, 0.717) is 4.90 Å². The lowest BCUT2D eigenvalue weighted by atomic mass is 9.73. The molecule has 0 saturated carbocycles. The van der Waals surface area contributed by atoms with Gasteiger partial charge in [-0.05, 0) is 53.3 Å². The van der Waals surface area contributed by atoms with Crippen molar-refractivity contribution >= 4 is 21.2 Å². The molecule has 1 aliphatic heterocycles. The van der Waals surface area contributed by atoms with Gasteiger partial charge in [0.05, 0.1) is 10.9 Å². The first-order valence-corrected chi connectivity index (χ1v) is 9.51. The summed E-state index contributed by atoms with van der Waals surface area (Å²) < 4.78 is 23.5. The largest absolute Gasteiger partial charge is 0.399 e. The molecule has 3 N–H and O–H groups in total. The molecule has 122 valence electrons. The molecule has 1 heterocycles. The fourth-order valence-electron chi connectivity index (χ4n) is 3.30. The number of benzene rings is 2. The third kappa shape index (κ3) is 3.06. The standard InChI is InChI=1S/C18H22N2O2S/c1-18(2)11-13-10-15(23(3,21)22)7-8-16(13)20-17(18)12-5-4-6-14(19)9-12/h4-10,17,20H,11,19H2,1-3H3. The summed E-state index contributed by atoms with van der Waals surface area (Å²) in [6, 6.07) is 13.4. The van der Waals surface area contributed by atoms with Crippen LogP contribution in [0.3, 0.4) is 0 Å². The summed E-state index contributed by atoms with van der Waals surface area (Å²) in [5.41, 5.74) is 9.79. The Morgan fingerprint density at radius 1 is 1.17 bits per heavy atom. The third-order valence-corrected chi connectivity index (χ3v) is 5.59. The molecule has 1 unspecified atom stereocenters. The maximum absolute atomic E-state index is 11.8. The third-order valence-electron chi connectivity index (χ3n) is 4.48. The van der Waals surface area contributed by atoms with Crippen molar-refractivity contribution in [3.05, 3.63) is 53.6 Å². The van der Waals surface area contributed by atoms with Gasteiger partial charge < -0.3 is 11.1 Å². The second kappa shape index (κ2) is 5.27. The van der Waals surface area contributed by atoms with E-state index < -0.39 is 9.84 Å². The fraction of sp³-hybridized carbons (Fsp3) is 0.333. The van der Waals surface area contributed by atoms with Crippen LogP contribution in [-0.2, 0) is 16.3 Å². The van der Waals surface area contributed by atoms with E-state index in [2.05, 4.69) is 25.2 Å². The maximum Gasteiger partial charge on any atom is 0.175 e. The monoisotopic (exact) mass is 330 g/mol. The molecular weight excluding hydrogens is 308 g/mol. The van der Waals surface area contributed by atoms with Crippen LogP contribution in [0.2, 0.25) is 0 Å². The van der Waals surface area contributed by atoms with Gasteiger partial charge >= 0.3 is 0 Å². The Bertz CT molecular complexity index is 857. The van der Waals surface area contributed by atoms with Crippen LogP contribution in [0.5, 0.6) is 0 Å². The lowest BCUT2D eigenvalue weighted by molar-refractivity contribution is 0.295. The molecule has 1 aliphatic rings. The zero-order chi connectivity index (χ0) is 16.8. The second-order valence-electron chi connectivity index (χ2n) is 7.00. The highest BCUT2D eigenvalue weighted by molar-refractivity contribution is 7.90. The summed E-state index contributed by atoms with van der Waals surface area (Å²) in [5, 5.41) is 3.56. The minimum Gasteiger partial charge on any atom is -0.399 e. The van der Waals surface area contributed by atoms with Gasteiger partial charge in [-0.3, -0.25) is 0 Å². The average Bonchev–Trinajstić information content (AvgIpc) is 2.44. The predicted octanol–water partition coefficient (Wildman–Crippen LogP) is 3.41. The number of fused-ring (bicyclic) bond motifs is 1. The first-order valence-electron chi connectivity index (χ1n) is 7.62. The molecule has 23 heavy (non-hydrogen) atoms. The molecule has 1 atom stereocenters. The first-order chi connectivity index (χ1) is 10.7. The smallest absolute Gasteiger partial charge is 0.175 e. The van der Waals surface area contributed by atoms with Crippen molar-refractivity contribution in [1.82, 2.24) is 0 Å². The van der Waals surface area contributed by atoms with Crippen LogP contribution in [0.4, 0.5) is 11.4 Å². The summed E-state index contributed by atoms with van der Waals surface area (Å²) in [4.78, 5) is 0.372. The average molecular weight is 330 g/mol. The molecule has 0 spiro atoms. The number of nitrogens with one attached hydrogen (secondary N) is 1. The number of rotatable bonds is 2. The van der Waals surface area contributed by atoms with E-state index in [1.807, 2.05) is 24.3 Å². The fourth-order valence-corrected chi connectivity index (χ4v) is 3.98. The zero-order valence-electron chi connectivity index (χ0n) is 13.6. The molecule has 3 rings (SSSR count). The Labute approximate surface area is 137 Å². The molecule has 0 aromatic heterocycles. The Morgan fingerprint density at radius 2 is 1.91 bits per heavy atom. The van der Waals surface area contributed by atoms with Gasteiger partial charge in [-0.25, -0.2) is 8.42 Å². The molecule has 0 radical (unpaired) electrons. The minimum absolute atomic E-state index is 0.0586. The van der Waals surface area contributed by atoms with Crippen LogP contribution in [0.15, 0.2) is 47.4 Å². The molecule has 0 saturated heterocycles. The summed E-state index contributed by atoms with van der Waals surface area (Å²) in [6.07, 6.45) is 2.05. The molecule has 0 bridgehead atoms. The Morgan fingerprint density at radius 3 is 2.57 bits per heavy atom. The number of nitrogens with two attached hydrogens (primary N) is 1. The minimum atomic E-state index is -3.19. The quantitative estimate of drug-likeness (QED) is 0.828. The van der Waals surface area contributed by atoms with Crippen LogP contribution < -0.4 is 11.1 Å². The molecule has 2 aromatic rings. The molecule has 0 fully saturated rings. The van der Waals surface area contributed by atoms with Crippen LogP contribution in [0, 0.1) is 5.41 Å². The lowest BCUT2D eigenvalue weighted by Crippen LogP contribution is -2.35. The van der Waals surface area contributed by atoms with Crippen LogP contribution in [0.1, 0.15) is 31.0 Å². The Balaban J connectivity index is 2.03. The van der Waals surface area contributed by atoms with Gasteiger partial charge in [0.1, 0.15) is 0 Å². The summed E-state index contributed by atoms with van der Waals surface area (Å²) in [6.45, 7) is 4.37. The van der Waals surface area contributed by atoms with Crippen molar-refractivity contribution in [3.63, 3.8) is 0 Å². The van der Waals surface area contributed by atoms with Gasteiger partial charge in [-0.2, -0.15) is 0 Å². The van der Waals surface area contributed by atoms with Crippen molar-refractivity contribution in [2.75, 3.05) is 17.3 Å². The first kappa shape index (κ1) is 15.9. The van der Waals surface area contributed by atoms with Gasteiger partial charge in [-0.15, -0.1) is 0 Å². The van der Waals surface area contributed by atoms with Gasteiger partial charge in [0.25, 0.3) is 0 Å². The molecule has 4 nitrogen and oxygen atoms in total. The molecule has 5 heteroatoms. The van der Waals surface area contributed by atoms with Crippen molar-refractivity contribution < 1.29 is 8.42 Å². The topological polar surface area (TPSA) is 72.2 Å². The highest BCUT2D eigenvalue weighted by atomic mass is 32.2. The molecular formula is C18H22N2O2S. The zero-order valence-corrected chi connectivity index (χ0v) is 14.4. The highest BCUT2D eigenvalue weighted by Gasteiger charge is 2.36. The molecule has 2 aromatic carbocycles. The number of hydrogen-bond acceptors (Lipinski definition) is 4. The van der Waals surface area contributed by atoms with Crippen LogP contribution in [-0.4, -0.2) is 14.7 Å². The molecule has 0 amide bonds. The van der Waals surface area contributed by atoms with E-state index in [1.54, 1.807) is 12.1 Å². The van der Waals surface area contributed by atoms with E-state index in [4.69, 9.17) is 5.73 Å².